The molecule has 18 heavy (non-hydrogen) atoms. The number of hydrogen-bond acceptors (Lipinski definition) is 3. The molecule has 3 heteroatoms. The van der Waals surface area contributed by atoms with Gasteiger partial charge in [-0.15, -0.1) is 0 Å². The molecule has 3 nitrogen and oxygen atoms in total. The van der Waals surface area contributed by atoms with E-state index >= 15 is 0 Å². The molecule has 0 saturated carbocycles. The molecule has 1 N–H and O–H groups in total. The molecule has 1 saturated heterocycles. The summed E-state index contributed by atoms with van der Waals surface area (Å²) in [6.07, 6.45) is 1.19. The van der Waals surface area contributed by atoms with Crippen molar-refractivity contribution < 1.29 is 4.74 Å². The summed E-state index contributed by atoms with van der Waals surface area (Å²) in [7, 11) is 0. The molecule has 0 aromatic heterocycles. The first-order valence-corrected chi connectivity index (χ1v) is 6.87. The zero-order valence-corrected chi connectivity index (χ0v) is 11.5. The molecule has 0 aliphatic carbocycles. The maximum absolute atomic E-state index is 5.35. The Morgan fingerprint density at radius 3 is 2.78 bits per heavy atom. The number of morpholine rings is 1. The normalized spacial score (nSPS) is 16.8. The van der Waals surface area contributed by atoms with Crippen LogP contribution in [-0.2, 0) is 4.74 Å². The van der Waals surface area contributed by atoms with Crippen LogP contribution in [0.3, 0.4) is 0 Å². The van der Waals surface area contributed by atoms with Crippen LogP contribution in [0.1, 0.15) is 17.5 Å². The van der Waals surface area contributed by atoms with Crippen molar-refractivity contribution in [3.63, 3.8) is 0 Å². The van der Waals surface area contributed by atoms with Crippen molar-refractivity contribution >= 4 is 5.69 Å². The van der Waals surface area contributed by atoms with Gasteiger partial charge in [0.15, 0.2) is 0 Å². The highest BCUT2D eigenvalue weighted by molar-refractivity contribution is 5.53. The SMILES string of the molecule is Cc1cccc(NCCCN2CCOCC2)c1C. The highest BCUT2D eigenvalue weighted by Crippen LogP contribution is 2.17. The van der Waals surface area contributed by atoms with Crippen LogP contribution in [0.4, 0.5) is 5.69 Å². The molecule has 1 heterocycles. The lowest BCUT2D eigenvalue weighted by molar-refractivity contribution is 0.0378. The third-order valence-corrected chi connectivity index (χ3v) is 3.67. The summed E-state index contributed by atoms with van der Waals surface area (Å²) in [6, 6.07) is 6.44. The lowest BCUT2D eigenvalue weighted by atomic mass is 10.1. The van der Waals surface area contributed by atoms with Gasteiger partial charge in [-0.2, -0.15) is 0 Å². The molecule has 0 unspecified atom stereocenters. The molecule has 100 valence electrons. The van der Waals surface area contributed by atoms with Gasteiger partial charge in [-0.1, -0.05) is 12.1 Å². The van der Waals surface area contributed by atoms with E-state index in [-0.39, 0.29) is 0 Å². The van der Waals surface area contributed by atoms with Gasteiger partial charge >= 0.3 is 0 Å². The summed E-state index contributed by atoms with van der Waals surface area (Å²) in [4.78, 5) is 2.48. The van der Waals surface area contributed by atoms with E-state index in [1.807, 2.05) is 0 Å². The number of anilines is 1. The van der Waals surface area contributed by atoms with E-state index in [9.17, 15) is 0 Å². The topological polar surface area (TPSA) is 24.5 Å². The van der Waals surface area contributed by atoms with E-state index in [0.717, 1.165) is 32.8 Å². The lowest BCUT2D eigenvalue weighted by Gasteiger charge is -2.26. The number of hydrogen-bond donors (Lipinski definition) is 1. The Morgan fingerprint density at radius 1 is 1.22 bits per heavy atom. The van der Waals surface area contributed by atoms with Crippen LogP contribution in [0.25, 0.3) is 0 Å². The predicted molar refractivity (Wildman–Crippen MR) is 76.3 cm³/mol. The van der Waals surface area contributed by atoms with Crippen LogP contribution in [0, 0.1) is 13.8 Å². The van der Waals surface area contributed by atoms with Crippen LogP contribution >= 0.6 is 0 Å². The maximum Gasteiger partial charge on any atom is 0.0594 e. The Balaban J connectivity index is 1.70. The van der Waals surface area contributed by atoms with Crippen molar-refractivity contribution in [3.05, 3.63) is 29.3 Å². The summed E-state index contributed by atoms with van der Waals surface area (Å²) in [5.41, 5.74) is 3.99. The second kappa shape index (κ2) is 6.76. The summed E-state index contributed by atoms with van der Waals surface area (Å²) >= 11 is 0. The van der Waals surface area contributed by atoms with Gasteiger partial charge < -0.3 is 10.1 Å². The van der Waals surface area contributed by atoms with Crippen molar-refractivity contribution in [3.8, 4) is 0 Å². The Hall–Kier alpha value is -1.06. The largest absolute Gasteiger partial charge is 0.385 e. The van der Waals surface area contributed by atoms with E-state index in [1.165, 1.54) is 29.8 Å². The Labute approximate surface area is 110 Å². The minimum absolute atomic E-state index is 0.893. The molecular formula is C15H24N2O. The second-order valence-electron chi connectivity index (χ2n) is 4.98. The molecule has 1 fully saturated rings. The number of ether oxygens (including phenoxy) is 1. The van der Waals surface area contributed by atoms with E-state index in [0.29, 0.717) is 0 Å². The first-order valence-electron chi connectivity index (χ1n) is 6.87. The quantitative estimate of drug-likeness (QED) is 0.810. The monoisotopic (exact) mass is 248 g/mol. The van der Waals surface area contributed by atoms with Crippen molar-refractivity contribution in [2.45, 2.75) is 20.3 Å². The molecule has 0 amide bonds. The zero-order valence-electron chi connectivity index (χ0n) is 11.5. The average molecular weight is 248 g/mol. The van der Waals surface area contributed by atoms with Crippen LogP contribution in [0.15, 0.2) is 18.2 Å². The van der Waals surface area contributed by atoms with E-state index < -0.39 is 0 Å². The first-order chi connectivity index (χ1) is 8.77. The van der Waals surface area contributed by atoms with Crippen LogP contribution in [0.5, 0.6) is 0 Å². The fraction of sp³-hybridized carbons (Fsp3) is 0.600. The maximum atomic E-state index is 5.35. The van der Waals surface area contributed by atoms with Gasteiger partial charge in [0.05, 0.1) is 13.2 Å². The van der Waals surface area contributed by atoms with Gasteiger partial charge in [0, 0.05) is 25.3 Å². The standard InChI is InChI=1S/C15H24N2O/c1-13-5-3-6-15(14(13)2)16-7-4-8-17-9-11-18-12-10-17/h3,5-6,16H,4,7-12H2,1-2H3. The fourth-order valence-electron chi connectivity index (χ4n) is 2.29. The smallest absolute Gasteiger partial charge is 0.0594 e. The highest BCUT2D eigenvalue weighted by Gasteiger charge is 2.09. The third kappa shape index (κ3) is 3.72. The van der Waals surface area contributed by atoms with Gasteiger partial charge in [-0.05, 0) is 44.0 Å². The molecule has 0 spiro atoms. The molecular weight excluding hydrogens is 224 g/mol. The van der Waals surface area contributed by atoms with Crippen molar-refractivity contribution in [2.75, 3.05) is 44.7 Å². The van der Waals surface area contributed by atoms with Gasteiger partial charge in [-0.3, -0.25) is 4.90 Å². The van der Waals surface area contributed by atoms with Crippen LogP contribution in [-0.4, -0.2) is 44.3 Å². The zero-order chi connectivity index (χ0) is 12.8. The summed E-state index contributed by atoms with van der Waals surface area (Å²) in [5, 5.41) is 3.54. The van der Waals surface area contributed by atoms with E-state index in [2.05, 4.69) is 42.3 Å². The molecule has 1 aromatic carbocycles. The van der Waals surface area contributed by atoms with Gasteiger partial charge in [0.2, 0.25) is 0 Å². The molecule has 0 bridgehead atoms. The van der Waals surface area contributed by atoms with E-state index in [4.69, 9.17) is 4.74 Å². The first kappa shape index (κ1) is 13.4. The Morgan fingerprint density at radius 2 is 2.00 bits per heavy atom. The van der Waals surface area contributed by atoms with Crippen LogP contribution in [0.2, 0.25) is 0 Å². The predicted octanol–water partition coefficient (Wildman–Crippen LogP) is 2.44. The van der Waals surface area contributed by atoms with E-state index in [1.54, 1.807) is 0 Å². The molecule has 0 radical (unpaired) electrons. The summed E-state index contributed by atoms with van der Waals surface area (Å²) in [5.74, 6) is 0. The molecule has 2 rings (SSSR count). The summed E-state index contributed by atoms with van der Waals surface area (Å²) < 4.78 is 5.35. The summed E-state index contributed by atoms with van der Waals surface area (Å²) in [6.45, 7) is 10.5. The number of rotatable bonds is 5. The molecule has 1 aromatic rings. The average Bonchev–Trinajstić information content (AvgIpc) is 2.40. The third-order valence-electron chi connectivity index (χ3n) is 3.67. The Kier molecular flexibility index (Phi) is 5.02. The molecule has 1 aliphatic heterocycles. The minimum Gasteiger partial charge on any atom is -0.385 e. The fourth-order valence-corrected chi connectivity index (χ4v) is 2.29. The highest BCUT2D eigenvalue weighted by atomic mass is 16.5. The minimum atomic E-state index is 0.893. The number of benzene rings is 1. The second-order valence-corrected chi connectivity index (χ2v) is 4.98. The van der Waals surface area contributed by atoms with Crippen molar-refractivity contribution in [2.24, 2.45) is 0 Å². The Bertz CT molecular complexity index is 373. The van der Waals surface area contributed by atoms with Gasteiger partial charge in [0.25, 0.3) is 0 Å². The van der Waals surface area contributed by atoms with Crippen molar-refractivity contribution in [1.29, 1.82) is 0 Å². The molecule has 0 atom stereocenters. The number of nitrogens with zero attached hydrogens (tertiary/aromatic N) is 1. The van der Waals surface area contributed by atoms with Crippen LogP contribution < -0.4 is 5.32 Å². The van der Waals surface area contributed by atoms with Gasteiger partial charge in [-0.25, -0.2) is 0 Å². The lowest BCUT2D eigenvalue weighted by Crippen LogP contribution is -2.37. The number of nitrogens with one attached hydrogen (secondary N) is 1. The molecule has 1 aliphatic rings. The van der Waals surface area contributed by atoms with Gasteiger partial charge in [0.1, 0.15) is 0 Å². The van der Waals surface area contributed by atoms with Crippen molar-refractivity contribution in [1.82, 2.24) is 4.90 Å². The number of aryl methyl sites for hydroxylation is 1.